The first kappa shape index (κ1) is 31.6. The molecule has 38 heavy (non-hydrogen) atoms. The van der Waals surface area contributed by atoms with Crippen LogP contribution in [-0.2, 0) is 11.3 Å². The molecular formula is C31H48N5OP. The molecule has 0 radical (unpaired) electrons. The summed E-state index contributed by atoms with van der Waals surface area (Å²) in [5.41, 5.74) is 5.03. The SMILES string of the molecule is CCCCCCCCCCCCn1nnc(C(C(=O)Nc2cc(C)cc(C)c2C)c2ccccc2)n1.CP. The topological polar surface area (TPSA) is 72.7 Å². The van der Waals surface area contributed by atoms with Gasteiger partial charge >= 0.3 is 0 Å². The van der Waals surface area contributed by atoms with E-state index in [-0.39, 0.29) is 5.91 Å². The molecule has 208 valence electrons. The Morgan fingerprint density at radius 3 is 2.13 bits per heavy atom. The molecule has 0 bridgehead atoms. The Morgan fingerprint density at radius 2 is 1.50 bits per heavy atom. The maximum atomic E-state index is 13.5. The molecule has 3 rings (SSSR count). The van der Waals surface area contributed by atoms with E-state index in [1.165, 1.54) is 57.8 Å². The fourth-order valence-electron chi connectivity index (χ4n) is 4.64. The zero-order valence-electron chi connectivity index (χ0n) is 24.2. The second kappa shape index (κ2) is 17.8. The third-order valence-electron chi connectivity index (χ3n) is 6.90. The molecule has 1 heterocycles. The van der Waals surface area contributed by atoms with Crippen LogP contribution in [0.1, 0.15) is 105 Å². The third kappa shape index (κ3) is 10.3. The number of nitrogens with zero attached hydrogens (tertiary/aromatic N) is 4. The number of hydrogen-bond acceptors (Lipinski definition) is 4. The van der Waals surface area contributed by atoms with Crippen molar-refractivity contribution in [2.75, 3.05) is 12.0 Å². The van der Waals surface area contributed by atoms with E-state index in [0.29, 0.717) is 5.82 Å². The van der Waals surface area contributed by atoms with Gasteiger partial charge in [-0.3, -0.25) is 4.79 Å². The monoisotopic (exact) mass is 537 g/mol. The van der Waals surface area contributed by atoms with Crippen LogP contribution in [0.5, 0.6) is 0 Å². The van der Waals surface area contributed by atoms with Gasteiger partial charge in [0, 0.05) is 5.69 Å². The van der Waals surface area contributed by atoms with Gasteiger partial charge in [0.2, 0.25) is 5.91 Å². The molecule has 6 nitrogen and oxygen atoms in total. The van der Waals surface area contributed by atoms with Gasteiger partial charge in [0.1, 0.15) is 5.92 Å². The van der Waals surface area contributed by atoms with Crippen LogP contribution >= 0.6 is 9.24 Å². The van der Waals surface area contributed by atoms with Crippen molar-refractivity contribution in [1.82, 2.24) is 20.2 Å². The molecule has 2 unspecified atom stereocenters. The fraction of sp³-hybridized carbons (Fsp3) is 0.548. The van der Waals surface area contributed by atoms with Crippen molar-refractivity contribution in [3.63, 3.8) is 0 Å². The van der Waals surface area contributed by atoms with Gasteiger partial charge < -0.3 is 5.32 Å². The first-order valence-electron chi connectivity index (χ1n) is 14.3. The van der Waals surface area contributed by atoms with Gasteiger partial charge in [-0.1, -0.05) is 108 Å². The molecule has 0 fully saturated rings. The lowest BCUT2D eigenvalue weighted by molar-refractivity contribution is -0.116. The molecule has 1 amide bonds. The van der Waals surface area contributed by atoms with Crippen molar-refractivity contribution in [2.45, 2.75) is 104 Å². The van der Waals surface area contributed by atoms with E-state index in [1.54, 1.807) is 4.80 Å². The average molecular weight is 538 g/mol. The van der Waals surface area contributed by atoms with Crippen molar-refractivity contribution >= 4 is 20.8 Å². The second-order valence-corrected chi connectivity index (χ2v) is 10.0. The minimum absolute atomic E-state index is 0.146. The molecule has 0 spiro atoms. The van der Waals surface area contributed by atoms with Crippen LogP contribution in [0, 0.1) is 20.8 Å². The summed E-state index contributed by atoms with van der Waals surface area (Å²) in [6.07, 6.45) is 12.9. The number of benzene rings is 2. The number of aryl methyl sites for hydroxylation is 3. The first-order chi connectivity index (χ1) is 18.5. The summed E-state index contributed by atoms with van der Waals surface area (Å²) < 4.78 is 0. The van der Waals surface area contributed by atoms with Gasteiger partial charge in [-0.25, -0.2) is 0 Å². The van der Waals surface area contributed by atoms with Gasteiger partial charge in [0.15, 0.2) is 5.82 Å². The number of carbonyl (C=O) groups excluding carboxylic acids is 1. The standard InChI is InChI=1S/C30H43N5O.CH5P/c1-5-6-7-8-9-10-11-12-13-17-20-35-33-29(32-34-35)28(26-18-15-14-16-19-26)30(36)31-27-22-23(2)21-24(3)25(27)4;1-2/h14-16,18-19,21-22,28H,5-13,17,20H2,1-4H3,(H,31,36);2H2,1H3. The average Bonchev–Trinajstić information content (AvgIpc) is 3.38. The molecule has 0 aliphatic rings. The summed E-state index contributed by atoms with van der Waals surface area (Å²) in [6.45, 7) is 11.0. The van der Waals surface area contributed by atoms with E-state index < -0.39 is 5.92 Å². The fourth-order valence-corrected chi connectivity index (χ4v) is 4.64. The molecular weight excluding hydrogens is 489 g/mol. The molecule has 1 aromatic heterocycles. The van der Waals surface area contributed by atoms with Gasteiger partial charge in [-0.2, -0.15) is 4.80 Å². The molecule has 0 saturated carbocycles. The summed E-state index contributed by atoms with van der Waals surface area (Å²) in [6, 6.07) is 13.8. The number of hydrogen-bond donors (Lipinski definition) is 1. The van der Waals surface area contributed by atoms with E-state index in [0.717, 1.165) is 40.9 Å². The van der Waals surface area contributed by atoms with Gasteiger partial charge in [0.05, 0.1) is 6.54 Å². The molecule has 0 aliphatic carbocycles. The molecule has 1 N–H and O–H groups in total. The number of aromatic nitrogens is 4. The highest BCUT2D eigenvalue weighted by Gasteiger charge is 2.28. The highest BCUT2D eigenvalue weighted by Crippen LogP contribution is 2.26. The van der Waals surface area contributed by atoms with E-state index >= 15 is 0 Å². The molecule has 7 heteroatoms. The molecule has 2 atom stereocenters. The quantitative estimate of drug-likeness (QED) is 0.159. The lowest BCUT2D eigenvalue weighted by atomic mass is 9.96. The Balaban J connectivity index is 0.00000247. The van der Waals surface area contributed by atoms with E-state index in [9.17, 15) is 4.79 Å². The number of unbranched alkanes of at least 4 members (excludes halogenated alkanes) is 9. The Labute approximate surface area is 232 Å². The molecule has 0 saturated heterocycles. The lowest BCUT2D eigenvalue weighted by Crippen LogP contribution is -2.24. The van der Waals surface area contributed by atoms with Crippen LogP contribution in [0.3, 0.4) is 0 Å². The Hall–Kier alpha value is -2.59. The van der Waals surface area contributed by atoms with Crippen molar-refractivity contribution in [2.24, 2.45) is 0 Å². The van der Waals surface area contributed by atoms with Gasteiger partial charge in [-0.15, -0.1) is 19.4 Å². The summed E-state index contributed by atoms with van der Waals surface area (Å²) in [4.78, 5) is 15.2. The zero-order chi connectivity index (χ0) is 27.8. The molecule has 0 aliphatic heterocycles. The minimum Gasteiger partial charge on any atom is -0.325 e. The number of nitrogens with one attached hydrogen (secondary N) is 1. The normalized spacial score (nSPS) is 11.5. The molecule has 2 aromatic carbocycles. The number of carbonyl (C=O) groups is 1. The number of anilines is 1. The van der Waals surface area contributed by atoms with E-state index in [4.69, 9.17) is 0 Å². The third-order valence-corrected chi connectivity index (χ3v) is 6.90. The van der Waals surface area contributed by atoms with Crippen molar-refractivity contribution in [1.29, 1.82) is 0 Å². The number of rotatable bonds is 15. The highest BCUT2D eigenvalue weighted by molar-refractivity contribution is 7.15. The van der Waals surface area contributed by atoms with E-state index in [2.05, 4.69) is 49.9 Å². The maximum Gasteiger partial charge on any atom is 0.239 e. The molecule has 3 aromatic rings. The van der Waals surface area contributed by atoms with Gasteiger partial charge in [-0.05, 0) is 60.7 Å². The predicted molar refractivity (Wildman–Crippen MR) is 163 cm³/mol. The Bertz CT molecular complexity index is 1080. The summed E-state index contributed by atoms with van der Waals surface area (Å²) >= 11 is 0. The summed E-state index contributed by atoms with van der Waals surface area (Å²) in [5.74, 6) is -0.325. The second-order valence-electron chi connectivity index (χ2n) is 10.0. The van der Waals surface area contributed by atoms with Crippen LogP contribution in [0.15, 0.2) is 42.5 Å². The zero-order valence-corrected chi connectivity index (χ0v) is 25.3. The number of amides is 1. The van der Waals surface area contributed by atoms with Gasteiger partial charge in [0.25, 0.3) is 0 Å². The minimum atomic E-state index is -0.618. The predicted octanol–water partition coefficient (Wildman–Crippen LogP) is 7.78. The highest BCUT2D eigenvalue weighted by atomic mass is 31.0. The summed E-state index contributed by atoms with van der Waals surface area (Å²) in [5, 5.41) is 16.3. The lowest BCUT2D eigenvalue weighted by Gasteiger charge is -2.17. The largest absolute Gasteiger partial charge is 0.325 e. The van der Waals surface area contributed by atoms with E-state index in [1.807, 2.05) is 56.9 Å². The van der Waals surface area contributed by atoms with Crippen LogP contribution in [0.4, 0.5) is 5.69 Å². The van der Waals surface area contributed by atoms with Crippen LogP contribution in [-0.4, -0.2) is 32.8 Å². The number of tetrazole rings is 1. The maximum absolute atomic E-state index is 13.5. The Kier molecular flexibility index (Phi) is 14.8. The summed E-state index contributed by atoms with van der Waals surface area (Å²) in [7, 11) is 2.42. The Morgan fingerprint density at radius 1 is 0.895 bits per heavy atom. The first-order valence-corrected chi connectivity index (χ1v) is 15.4. The van der Waals surface area contributed by atoms with Crippen LogP contribution < -0.4 is 5.32 Å². The van der Waals surface area contributed by atoms with Crippen molar-refractivity contribution in [3.05, 3.63) is 70.5 Å². The smallest absolute Gasteiger partial charge is 0.239 e. The van der Waals surface area contributed by atoms with Crippen molar-refractivity contribution in [3.8, 4) is 0 Å². The van der Waals surface area contributed by atoms with Crippen molar-refractivity contribution < 1.29 is 4.79 Å². The van der Waals surface area contributed by atoms with Crippen LogP contribution in [0.25, 0.3) is 0 Å². The van der Waals surface area contributed by atoms with Crippen LogP contribution in [0.2, 0.25) is 0 Å².